The van der Waals surface area contributed by atoms with Crippen LogP contribution >= 0.6 is 0 Å². The van der Waals surface area contributed by atoms with Crippen molar-refractivity contribution in [2.75, 3.05) is 5.43 Å². The van der Waals surface area contributed by atoms with Gasteiger partial charge in [0, 0.05) is 17.7 Å². The van der Waals surface area contributed by atoms with Gasteiger partial charge in [0.15, 0.2) is 0 Å². The number of hydrogen-bond donors (Lipinski definition) is 1. The van der Waals surface area contributed by atoms with Crippen molar-refractivity contribution in [2.45, 2.75) is 12.3 Å². The van der Waals surface area contributed by atoms with Crippen LogP contribution in [0.5, 0.6) is 0 Å². The third-order valence-electron chi connectivity index (χ3n) is 6.57. The van der Waals surface area contributed by atoms with Crippen LogP contribution in [-0.4, -0.2) is 5.71 Å². The molecule has 0 unspecified atom stereocenters. The molecule has 0 spiro atoms. The number of rotatable bonds is 5. The van der Waals surface area contributed by atoms with Gasteiger partial charge in [0.1, 0.15) is 0 Å². The zero-order chi connectivity index (χ0) is 22.0. The predicted octanol–water partition coefficient (Wildman–Crippen LogP) is 7.86. The third kappa shape index (κ3) is 3.60. The molecule has 0 saturated heterocycles. The van der Waals surface area contributed by atoms with Gasteiger partial charge in [0.2, 0.25) is 0 Å². The Morgan fingerprint density at radius 2 is 1.21 bits per heavy atom. The van der Waals surface area contributed by atoms with Crippen LogP contribution in [0.1, 0.15) is 29.0 Å². The van der Waals surface area contributed by atoms with Crippen molar-refractivity contribution in [1.29, 1.82) is 0 Å². The Balaban J connectivity index is 1.42. The molecule has 0 fully saturated rings. The largest absolute Gasteiger partial charge is 0.278 e. The fraction of sp³-hybridized carbons (Fsp3) is 0.0645. The molecule has 1 aliphatic carbocycles. The maximum absolute atomic E-state index is 4.99. The van der Waals surface area contributed by atoms with Gasteiger partial charge >= 0.3 is 0 Å². The quantitative estimate of drug-likeness (QED) is 0.225. The van der Waals surface area contributed by atoms with Crippen molar-refractivity contribution in [3.8, 4) is 11.1 Å². The van der Waals surface area contributed by atoms with Gasteiger partial charge in [0.05, 0.1) is 11.4 Å². The summed E-state index contributed by atoms with van der Waals surface area (Å²) in [6.07, 6.45) is 0.829. The van der Waals surface area contributed by atoms with Crippen LogP contribution in [-0.2, 0) is 0 Å². The molecule has 0 atom stereocenters. The molecule has 5 aromatic carbocycles. The Bertz CT molecular complexity index is 1420. The zero-order valence-electron chi connectivity index (χ0n) is 18.3. The van der Waals surface area contributed by atoms with Gasteiger partial charge in [-0.05, 0) is 39.3 Å². The van der Waals surface area contributed by atoms with Crippen LogP contribution in [0.3, 0.4) is 0 Å². The number of benzene rings is 5. The smallest absolute Gasteiger partial charge is 0.0688 e. The molecule has 0 aromatic heterocycles. The van der Waals surface area contributed by atoms with Crippen LogP contribution in [0.15, 0.2) is 126 Å². The van der Waals surface area contributed by atoms with Gasteiger partial charge in [-0.2, -0.15) is 5.10 Å². The maximum atomic E-state index is 4.99. The maximum Gasteiger partial charge on any atom is 0.0688 e. The van der Waals surface area contributed by atoms with Crippen LogP contribution in [0, 0.1) is 0 Å². The zero-order valence-corrected chi connectivity index (χ0v) is 18.3. The molecular weight excluding hydrogens is 400 g/mol. The molecule has 0 heterocycles. The molecule has 1 N–H and O–H groups in total. The Labute approximate surface area is 194 Å². The second kappa shape index (κ2) is 8.40. The Kier molecular flexibility index (Phi) is 4.97. The lowest BCUT2D eigenvalue weighted by atomic mass is 9.89. The van der Waals surface area contributed by atoms with Crippen LogP contribution in [0.4, 0.5) is 5.69 Å². The number of nitrogens with zero attached hydrogens (tertiary/aromatic N) is 1. The van der Waals surface area contributed by atoms with Gasteiger partial charge < -0.3 is 0 Å². The lowest BCUT2D eigenvalue weighted by Gasteiger charge is -2.16. The van der Waals surface area contributed by atoms with E-state index in [9.17, 15) is 0 Å². The first-order valence-corrected chi connectivity index (χ1v) is 11.4. The molecule has 0 amide bonds. The normalized spacial score (nSPS) is 13.0. The molecule has 5 aromatic rings. The Morgan fingerprint density at radius 1 is 0.606 bits per heavy atom. The molecule has 33 heavy (non-hydrogen) atoms. The first-order valence-electron chi connectivity index (χ1n) is 11.4. The topological polar surface area (TPSA) is 24.4 Å². The second-order valence-corrected chi connectivity index (χ2v) is 8.49. The van der Waals surface area contributed by atoms with E-state index in [0.717, 1.165) is 23.4 Å². The van der Waals surface area contributed by atoms with Crippen LogP contribution in [0.25, 0.3) is 21.9 Å². The summed E-state index contributed by atoms with van der Waals surface area (Å²) in [6.45, 7) is 0. The molecule has 1 aliphatic rings. The molecular formula is C31H24N2. The number of hydrazone groups is 1. The van der Waals surface area contributed by atoms with E-state index in [1.807, 2.05) is 0 Å². The van der Waals surface area contributed by atoms with E-state index in [0.29, 0.717) is 0 Å². The molecule has 0 aliphatic heterocycles. The molecule has 158 valence electrons. The monoisotopic (exact) mass is 424 g/mol. The summed E-state index contributed by atoms with van der Waals surface area (Å²) in [6, 6.07) is 42.8. The Morgan fingerprint density at radius 3 is 1.97 bits per heavy atom. The summed E-state index contributed by atoms with van der Waals surface area (Å²) in [5.41, 5.74) is 12.1. The molecule has 2 heteroatoms. The predicted molar refractivity (Wildman–Crippen MR) is 139 cm³/mol. The van der Waals surface area contributed by atoms with Crippen molar-refractivity contribution < 1.29 is 0 Å². The minimum absolute atomic E-state index is 0.283. The van der Waals surface area contributed by atoms with E-state index >= 15 is 0 Å². The van der Waals surface area contributed by atoms with Gasteiger partial charge in [-0.3, -0.25) is 5.43 Å². The summed E-state index contributed by atoms with van der Waals surface area (Å²) < 4.78 is 0. The average Bonchev–Trinajstić information content (AvgIpc) is 3.20. The van der Waals surface area contributed by atoms with Gasteiger partial charge in [-0.25, -0.2) is 0 Å². The van der Waals surface area contributed by atoms with Crippen molar-refractivity contribution in [3.63, 3.8) is 0 Å². The molecule has 0 bridgehead atoms. The van der Waals surface area contributed by atoms with E-state index in [1.54, 1.807) is 0 Å². The van der Waals surface area contributed by atoms with Crippen molar-refractivity contribution in [3.05, 3.63) is 138 Å². The van der Waals surface area contributed by atoms with E-state index in [-0.39, 0.29) is 5.92 Å². The highest BCUT2D eigenvalue weighted by molar-refractivity contribution is 6.03. The highest BCUT2D eigenvalue weighted by atomic mass is 15.3. The molecule has 6 rings (SSSR count). The van der Waals surface area contributed by atoms with Crippen LogP contribution in [0.2, 0.25) is 0 Å². The number of nitrogens with one attached hydrogen (secondary N) is 1. The van der Waals surface area contributed by atoms with Crippen molar-refractivity contribution >= 4 is 22.2 Å². The fourth-order valence-corrected chi connectivity index (χ4v) is 4.98. The van der Waals surface area contributed by atoms with Crippen LogP contribution < -0.4 is 5.43 Å². The molecule has 0 saturated carbocycles. The van der Waals surface area contributed by atoms with Gasteiger partial charge in [0.25, 0.3) is 0 Å². The minimum atomic E-state index is 0.283. The SMILES string of the molecule is c1ccc(C(CC2c3ccccc3-c3ccccc32)=NNc2cccc3ccccc23)cc1. The summed E-state index contributed by atoms with van der Waals surface area (Å²) in [7, 11) is 0. The summed E-state index contributed by atoms with van der Waals surface area (Å²) in [4.78, 5) is 0. The van der Waals surface area contributed by atoms with E-state index in [1.165, 1.54) is 33.0 Å². The molecule has 0 radical (unpaired) electrons. The first-order chi connectivity index (χ1) is 16.4. The lowest BCUT2D eigenvalue weighted by Crippen LogP contribution is -2.10. The average molecular weight is 425 g/mol. The minimum Gasteiger partial charge on any atom is -0.278 e. The van der Waals surface area contributed by atoms with E-state index in [2.05, 4.69) is 127 Å². The van der Waals surface area contributed by atoms with Gasteiger partial charge in [-0.15, -0.1) is 0 Å². The number of hydrogen-bond acceptors (Lipinski definition) is 2. The Hall–Kier alpha value is -4.17. The lowest BCUT2D eigenvalue weighted by molar-refractivity contribution is 0.880. The van der Waals surface area contributed by atoms with Gasteiger partial charge in [-0.1, -0.05) is 115 Å². The first kappa shape index (κ1) is 19.5. The fourth-order valence-electron chi connectivity index (χ4n) is 4.98. The van der Waals surface area contributed by atoms with Crippen molar-refractivity contribution in [1.82, 2.24) is 0 Å². The number of anilines is 1. The van der Waals surface area contributed by atoms with E-state index < -0.39 is 0 Å². The number of fused-ring (bicyclic) bond motifs is 4. The highest BCUT2D eigenvalue weighted by Gasteiger charge is 2.29. The molecule has 2 nitrogen and oxygen atoms in total. The van der Waals surface area contributed by atoms with Crippen molar-refractivity contribution in [2.24, 2.45) is 5.10 Å². The second-order valence-electron chi connectivity index (χ2n) is 8.49. The highest BCUT2D eigenvalue weighted by Crippen LogP contribution is 2.46. The summed E-state index contributed by atoms with van der Waals surface area (Å²) in [5, 5.41) is 7.37. The summed E-state index contributed by atoms with van der Waals surface area (Å²) >= 11 is 0. The standard InChI is InChI=1S/C31H24N2/c1-2-12-23(13-3-1)31(33-32-30-20-10-14-22-11-4-5-15-24(22)30)21-29-27-18-8-6-16-25(27)26-17-7-9-19-28(26)29/h1-20,29,32H,21H2. The van der Waals surface area contributed by atoms with E-state index in [4.69, 9.17) is 5.10 Å². The third-order valence-corrected chi connectivity index (χ3v) is 6.57. The summed E-state index contributed by atoms with van der Waals surface area (Å²) in [5.74, 6) is 0.283.